The number of carbonyl (C=O) groups excluding carboxylic acids is 1. The van der Waals surface area contributed by atoms with Crippen molar-refractivity contribution in [3.63, 3.8) is 0 Å². The van der Waals surface area contributed by atoms with Crippen LogP contribution in [-0.4, -0.2) is 22.3 Å². The Kier molecular flexibility index (Phi) is 3.29. The normalized spacial score (nSPS) is 18.2. The maximum atomic E-state index is 12.5. The van der Waals surface area contributed by atoms with Crippen LogP contribution in [0.25, 0.3) is 0 Å². The molecule has 3 rings (SSSR count). The molecule has 3 heterocycles. The van der Waals surface area contributed by atoms with Gasteiger partial charge in [0.25, 0.3) is 5.91 Å². The molecular formula is C14H13ClN2OS. The summed E-state index contributed by atoms with van der Waals surface area (Å²) >= 11 is 7.62. The third-order valence-corrected chi connectivity index (χ3v) is 4.71. The highest BCUT2D eigenvalue weighted by Crippen LogP contribution is 2.33. The van der Waals surface area contributed by atoms with Gasteiger partial charge in [-0.15, -0.1) is 11.3 Å². The Morgan fingerprint density at radius 2 is 2.37 bits per heavy atom. The summed E-state index contributed by atoms with van der Waals surface area (Å²) in [5.74, 6) is 0.0219. The molecule has 3 nitrogen and oxygen atoms in total. The maximum Gasteiger partial charge on any atom is 0.254 e. The third kappa shape index (κ3) is 2.26. The summed E-state index contributed by atoms with van der Waals surface area (Å²) < 4.78 is 0. The highest BCUT2D eigenvalue weighted by atomic mass is 35.5. The van der Waals surface area contributed by atoms with Gasteiger partial charge in [0.2, 0.25) is 0 Å². The number of halogens is 1. The van der Waals surface area contributed by atoms with Crippen LogP contribution in [0.1, 0.15) is 33.8 Å². The Balaban J connectivity index is 1.90. The minimum Gasteiger partial charge on any atom is -0.331 e. The van der Waals surface area contributed by atoms with Crippen molar-refractivity contribution in [2.75, 3.05) is 6.54 Å². The lowest BCUT2D eigenvalue weighted by atomic mass is 10.0. The van der Waals surface area contributed by atoms with E-state index in [0.717, 1.165) is 13.0 Å². The summed E-state index contributed by atoms with van der Waals surface area (Å²) in [5.41, 5.74) is 1.87. The Bertz CT molecular complexity index is 625. The zero-order chi connectivity index (χ0) is 13.4. The van der Waals surface area contributed by atoms with Crippen molar-refractivity contribution in [2.24, 2.45) is 0 Å². The van der Waals surface area contributed by atoms with E-state index in [-0.39, 0.29) is 11.9 Å². The van der Waals surface area contributed by atoms with E-state index in [9.17, 15) is 4.79 Å². The summed E-state index contributed by atoms with van der Waals surface area (Å²) in [6, 6.07) is 5.57. The fraction of sp³-hybridized carbons (Fsp3) is 0.286. The average Bonchev–Trinajstić information content (AvgIpc) is 2.88. The minimum atomic E-state index is 0.0219. The highest BCUT2D eigenvalue weighted by Gasteiger charge is 2.28. The van der Waals surface area contributed by atoms with Crippen LogP contribution >= 0.6 is 22.9 Å². The second-order valence-corrected chi connectivity index (χ2v) is 5.98. The Morgan fingerprint density at radius 3 is 3.16 bits per heavy atom. The lowest BCUT2D eigenvalue weighted by Gasteiger charge is -2.33. The largest absolute Gasteiger partial charge is 0.331 e. The molecule has 0 radical (unpaired) electrons. The lowest BCUT2D eigenvalue weighted by Crippen LogP contribution is -2.38. The fourth-order valence-corrected chi connectivity index (χ4v) is 3.62. The molecule has 1 atom stereocenters. The Labute approximate surface area is 120 Å². The van der Waals surface area contributed by atoms with Crippen molar-refractivity contribution in [3.8, 4) is 0 Å². The van der Waals surface area contributed by atoms with E-state index < -0.39 is 0 Å². The van der Waals surface area contributed by atoms with E-state index in [1.807, 2.05) is 4.90 Å². The molecule has 1 unspecified atom stereocenters. The summed E-state index contributed by atoms with van der Waals surface area (Å²) in [4.78, 5) is 19.7. The van der Waals surface area contributed by atoms with E-state index in [4.69, 9.17) is 11.6 Å². The highest BCUT2D eigenvalue weighted by molar-refractivity contribution is 7.10. The van der Waals surface area contributed by atoms with E-state index >= 15 is 0 Å². The van der Waals surface area contributed by atoms with E-state index in [1.165, 1.54) is 10.4 Å². The molecule has 5 heteroatoms. The second kappa shape index (κ2) is 4.94. The fourth-order valence-electron chi connectivity index (χ4n) is 2.49. The van der Waals surface area contributed by atoms with Gasteiger partial charge < -0.3 is 4.90 Å². The first-order valence-electron chi connectivity index (χ1n) is 6.15. The van der Waals surface area contributed by atoms with Crippen LogP contribution in [-0.2, 0) is 6.42 Å². The minimum absolute atomic E-state index is 0.0219. The van der Waals surface area contributed by atoms with Gasteiger partial charge in [-0.2, -0.15) is 0 Å². The average molecular weight is 293 g/mol. The van der Waals surface area contributed by atoms with Gasteiger partial charge in [-0.25, -0.2) is 4.98 Å². The maximum absolute atomic E-state index is 12.5. The lowest BCUT2D eigenvalue weighted by molar-refractivity contribution is 0.0679. The molecule has 0 spiro atoms. The van der Waals surface area contributed by atoms with Crippen molar-refractivity contribution >= 4 is 28.8 Å². The number of carbonyl (C=O) groups is 1. The van der Waals surface area contributed by atoms with Gasteiger partial charge in [-0.1, -0.05) is 11.6 Å². The second-order valence-electron chi connectivity index (χ2n) is 4.59. The summed E-state index contributed by atoms with van der Waals surface area (Å²) in [5, 5.41) is 2.45. The standard InChI is InChI=1S/C14H13ClN2OS/c1-9-11-4-7-19-12(11)3-6-17(9)14(18)10-2-5-16-13(15)8-10/h2,4-5,7-9H,3,6H2,1H3. The topological polar surface area (TPSA) is 33.2 Å². The van der Waals surface area contributed by atoms with Crippen molar-refractivity contribution in [1.82, 2.24) is 9.88 Å². The molecule has 1 amide bonds. The molecule has 1 aliphatic heterocycles. The SMILES string of the molecule is CC1c2ccsc2CCN1C(=O)c1ccnc(Cl)c1. The zero-order valence-electron chi connectivity index (χ0n) is 10.5. The summed E-state index contributed by atoms with van der Waals surface area (Å²) in [7, 11) is 0. The van der Waals surface area contributed by atoms with Gasteiger partial charge in [-0.3, -0.25) is 4.79 Å². The van der Waals surface area contributed by atoms with Crippen molar-refractivity contribution < 1.29 is 4.79 Å². The molecular weight excluding hydrogens is 280 g/mol. The molecule has 0 N–H and O–H groups in total. The smallest absolute Gasteiger partial charge is 0.254 e. The van der Waals surface area contributed by atoms with E-state index in [1.54, 1.807) is 29.7 Å². The van der Waals surface area contributed by atoms with Crippen LogP contribution in [0.5, 0.6) is 0 Å². The number of hydrogen-bond acceptors (Lipinski definition) is 3. The number of fused-ring (bicyclic) bond motifs is 1. The third-order valence-electron chi connectivity index (χ3n) is 3.51. The van der Waals surface area contributed by atoms with E-state index in [0.29, 0.717) is 10.7 Å². The zero-order valence-corrected chi connectivity index (χ0v) is 12.0. The molecule has 0 saturated heterocycles. The monoisotopic (exact) mass is 292 g/mol. The molecule has 1 aliphatic rings. The van der Waals surface area contributed by atoms with Crippen molar-refractivity contribution in [1.29, 1.82) is 0 Å². The molecule has 0 aromatic carbocycles. The quantitative estimate of drug-likeness (QED) is 0.753. The van der Waals surface area contributed by atoms with Gasteiger partial charge in [-0.05, 0) is 42.5 Å². The molecule has 19 heavy (non-hydrogen) atoms. The van der Waals surface area contributed by atoms with Crippen LogP contribution in [0.3, 0.4) is 0 Å². The van der Waals surface area contributed by atoms with Crippen molar-refractivity contribution in [2.45, 2.75) is 19.4 Å². The first kappa shape index (κ1) is 12.6. The number of nitrogens with zero attached hydrogens (tertiary/aromatic N) is 2. The van der Waals surface area contributed by atoms with Gasteiger partial charge in [0.15, 0.2) is 0 Å². The Morgan fingerprint density at radius 1 is 1.53 bits per heavy atom. The molecule has 0 aliphatic carbocycles. The predicted octanol–water partition coefficient (Wildman–Crippen LogP) is 3.56. The number of hydrogen-bond donors (Lipinski definition) is 0. The number of thiophene rings is 1. The van der Waals surface area contributed by atoms with E-state index in [2.05, 4.69) is 23.4 Å². The van der Waals surface area contributed by atoms with Crippen LogP contribution in [0.15, 0.2) is 29.8 Å². The summed E-state index contributed by atoms with van der Waals surface area (Å²) in [6.07, 6.45) is 2.50. The van der Waals surface area contributed by atoms with Gasteiger partial charge in [0.05, 0.1) is 6.04 Å². The van der Waals surface area contributed by atoms with Crippen LogP contribution in [0, 0.1) is 0 Å². The molecule has 2 aromatic rings. The molecule has 98 valence electrons. The first-order valence-corrected chi connectivity index (χ1v) is 7.41. The number of pyridine rings is 1. The van der Waals surface area contributed by atoms with Crippen LogP contribution in [0.4, 0.5) is 0 Å². The van der Waals surface area contributed by atoms with Crippen LogP contribution in [0.2, 0.25) is 5.15 Å². The van der Waals surface area contributed by atoms with Crippen LogP contribution < -0.4 is 0 Å². The van der Waals surface area contributed by atoms with Gasteiger partial charge in [0, 0.05) is 23.2 Å². The number of rotatable bonds is 1. The molecule has 0 fully saturated rings. The Hall–Kier alpha value is -1.39. The molecule has 0 saturated carbocycles. The molecule has 0 bridgehead atoms. The first-order chi connectivity index (χ1) is 9.16. The summed E-state index contributed by atoms with van der Waals surface area (Å²) in [6.45, 7) is 2.83. The van der Waals surface area contributed by atoms with Crippen molar-refractivity contribution in [3.05, 3.63) is 50.9 Å². The predicted molar refractivity (Wildman–Crippen MR) is 76.7 cm³/mol. The number of aromatic nitrogens is 1. The van der Waals surface area contributed by atoms with Gasteiger partial charge >= 0.3 is 0 Å². The van der Waals surface area contributed by atoms with Gasteiger partial charge in [0.1, 0.15) is 5.15 Å². The molecule has 2 aromatic heterocycles. The number of amides is 1.